The van der Waals surface area contributed by atoms with Gasteiger partial charge in [0.05, 0.1) is 24.0 Å². The number of benzene rings is 1. The number of hydrogen-bond acceptors (Lipinski definition) is 3. The van der Waals surface area contributed by atoms with Gasteiger partial charge in [0.1, 0.15) is 5.76 Å². The Morgan fingerprint density at radius 2 is 2.19 bits per heavy atom. The van der Waals surface area contributed by atoms with E-state index in [1.54, 1.807) is 36.6 Å². The van der Waals surface area contributed by atoms with E-state index in [4.69, 9.17) is 16.0 Å². The zero-order valence-electron chi connectivity index (χ0n) is 8.57. The Balaban J connectivity index is 2.41. The quantitative estimate of drug-likeness (QED) is 0.751. The van der Waals surface area contributed by atoms with Crippen LogP contribution in [0.15, 0.2) is 41.0 Å². The molecule has 0 saturated carbocycles. The Labute approximate surface area is 97.6 Å². The lowest BCUT2D eigenvalue weighted by Gasteiger charge is -2.03. The van der Waals surface area contributed by atoms with E-state index in [1.165, 1.54) is 7.11 Å². The molecule has 0 amide bonds. The van der Waals surface area contributed by atoms with E-state index in [0.717, 1.165) is 5.56 Å². The van der Waals surface area contributed by atoms with Gasteiger partial charge in [-0.05, 0) is 30.3 Å². The molecule has 0 spiro atoms. The fourth-order valence-electron chi connectivity index (χ4n) is 1.39. The number of carbonyl (C=O) groups is 1. The van der Waals surface area contributed by atoms with Crippen LogP contribution in [0.2, 0.25) is 5.02 Å². The third-order valence-electron chi connectivity index (χ3n) is 2.18. The van der Waals surface area contributed by atoms with Crippen molar-refractivity contribution in [2.24, 2.45) is 0 Å². The number of hydrogen-bond donors (Lipinski definition) is 0. The van der Waals surface area contributed by atoms with Gasteiger partial charge in [-0.2, -0.15) is 0 Å². The number of carbonyl (C=O) groups excluding carboxylic acids is 1. The molecule has 2 rings (SSSR count). The molecular formula is C12H9ClO3. The van der Waals surface area contributed by atoms with Crippen LogP contribution in [-0.2, 0) is 4.74 Å². The number of ether oxygens (including phenoxy) is 1. The van der Waals surface area contributed by atoms with Gasteiger partial charge in [0.15, 0.2) is 0 Å². The summed E-state index contributed by atoms with van der Waals surface area (Å²) in [6.07, 6.45) is 1.57. The summed E-state index contributed by atoms with van der Waals surface area (Å²) >= 11 is 6.05. The molecule has 0 bridgehead atoms. The molecule has 1 aromatic heterocycles. The maximum Gasteiger partial charge on any atom is 0.337 e. The summed E-state index contributed by atoms with van der Waals surface area (Å²) in [7, 11) is 1.33. The molecule has 0 atom stereocenters. The van der Waals surface area contributed by atoms with Crippen LogP contribution in [0, 0.1) is 0 Å². The summed E-state index contributed by atoms with van der Waals surface area (Å²) in [5.41, 5.74) is 1.17. The monoisotopic (exact) mass is 236 g/mol. The lowest BCUT2D eigenvalue weighted by atomic mass is 10.1. The van der Waals surface area contributed by atoms with Crippen LogP contribution in [0.25, 0.3) is 11.3 Å². The van der Waals surface area contributed by atoms with E-state index < -0.39 is 5.97 Å². The molecule has 1 aromatic carbocycles. The van der Waals surface area contributed by atoms with Crippen molar-refractivity contribution in [3.05, 3.63) is 47.2 Å². The molecule has 3 nitrogen and oxygen atoms in total. The van der Waals surface area contributed by atoms with E-state index in [-0.39, 0.29) is 0 Å². The average molecular weight is 237 g/mol. The van der Waals surface area contributed by atoms with Crippen molar-refractivity contribution in [2.45, 2.75) is 0 Å². The highest BCUT2D eigenvalue weighted by Crippen LogP contribution is 2.29. The fourth-order valence-corrected chi connectivity index (χ4v) is 1.67. The van der Waals surface area contributed by atoms with Gasteiger partial charge in [-0.1, -0.05) is 11.6 Å². The molecule has 0 N–H and O–H groups in total. The van der Waals surface area contributed by atoms with Gasteiger partial charge in [0.2, 0.25) is 0 Å². The number of furan rings is 1. The van der Waals surface area contributed by atoms with Crippen LogP contribution >= 0.6 is 11.6 Å². The molecule has 0 aliphatic rings. The molecule has 16 heavy (non-hydrogen) atoms. The minimum absolute atomic E-state index is 0.409. The molecule has 0 saturated heterocycles. The van der Waals surface area contributed by atoms with E-state index in [9.17, 15) is 4.79 Å². The molecule has 0 aliphatic carbocycles. The first kappa shape index (κ1) is 10.8. The number of halogens is 1. The molecule has 0 aliphatic heterocycles. The molecule has 0 fully saturated rings. The summed E-state index contributed by atoms with van der Waals surface area (Å²) in [5.74, 6) is 0.259. The van der Waals surface area contributed by atoms with Crippen LogP contribution in [0.1, 0.15) is 10.4 Å². The van der Waals surface area contributed by atoms with E-state index in [1.807, 2.05) is 0 Å². The second-order valence-electron chi connectivity index (χ2n) is 3.16. The highest BCUT2D eigenvalue weighted by molar-refractivity contribution is 6.33. The summed E-state index contributed by atoms with van der Waals surface area (Å²) < 4.78 is 9.83. The molecule has 2 aromatic rings. The SMILES string of the molecule is COC(=O)c1ccc(-c2ccco2)c(Cl)c1. The van der Waals surface area contributed by atoms with Gasteiger partial charge in [0, 0.05) is 5.56 Å². The van der Waals surface area contributed by atoms with E-state index in [0.29, 0.717) is 16.3 Å². The first-order valence-electron chi connectivity index (χ1n) is 4.64. The second-order valence-corrected chi connectivity index (χ2v) is 3.57. The van der Waals surface area contributed by atoms with Crippen molar-refractivity contribution in [1.82, 2.24) is 0 Å². The Hall–Kier alpha value is -1.74. The van der Waals surface area contributed by atoms with Crippen molar-refractivity contribution in [2.75, 3.05) is 7.11 Å². The average Bonchev–Trinajstić information content (AvgIpc) is 2.81. The van der Waals surface area contributed by atoms with Gasteiger partial charge in [-0.25, -0.2) is 4.79 Å². The smallest absolute Gasteiger partial charge is 0.337 e. The van der Waals surface area contributed by atoms with Crippen LogP contribution in [0.4, 0.5) is 0 Å². The maximum atomic E-state index is 11.3. The Morgan fingerprint density at radius 1 is 1.38 bits per heavy atom. The Bertz CT molecular complexity index is 503. The van der Waals surface area contributed by atoms with E-state index in [2.05, 4.69) is 4.74 Å². The van der Waals surface area contributed by atoms with E-state index >= 15 is 0 Å². The zero-order valence-corrected chi connectivity index (χ0v) is 9.32. The van der Waals surface area contributed by atoms with Crippen LogP contribution in [0.5, 0.6) is 0 Å². The topological polar surface area (TPSA) is 39.4 Å². The zero-order chi connectivity index (χ0) is 11.5. The minimum Gasteiger partial charge on any atom is -0.465 e. The number of esters is 1. The normalized spacial score (nSPS) is 10.1. The summed E-state index contributed by atoms with van der Waals surface area (Å²) in [4.78, 5) is 11.3. The first-order valence-corrected chi connectivity index (χ1v) is 5.02. The van der Waals surface area contributed by atoms with Crippen LogP contribution in [-0.4, -0.2) is 13.1 Å². The van der Waals surface area contributed by atoms with Gasteiger partial charge in [-0.15, -0.1) is 0 Å². The molecular weight excluding hydrogens is 228 g/mol. The lowest BCUT2D eigenvalue weighted by Crippen LogP contribution is -2.00. The minimum atomic E-state index is -0.409. The second kappa shape index (κ2) is 4.41. The maximum absolute atomic E-state index is 11.3. The third kappa shape index (κ3) is 1.95. The van der Waals surface area contributed by atoms with Gasteiger partial charge >= 0.3 is 5.97 Å². The first-order chi connectivity index (χ1) is 7.72. The Morgan fingerprint density at radius 3 is 2.75 bits per heavy atom. The van der Waals surface area contributed by atoms with Gasteiger partial charge < -0.3 is 9.15 Å². The molecule has 0 unspecified atom stereocenters. The van der Waals surface area contributed by atoms with Gasteiger partial charge in [0.25, 0.3) is 0 Å². The van der Waals surface area contributed by atoms with Crippen molar-refractivity contribution < 1.29 is 13.9 Å². The third-order valence-corrected chi connectivity index (χ3v) is 2.49. The van der Waals surface area contributed by atoms with Crippen molar-refractivity contribution >= 4 is 17.6 Å². The standard InChI is InChI=1S/C12H9ClO3/c1-15-12(14)8-4-5-9(10(13)7-8)11-3-2-6-16-11/h2-7H,1H3. The molecule has 1 heterocycles. The lowest BCUT2D eigenvalue weighted by molar-refractivity contribution is 0.0601. The predicted octanol–water partition coefficient (Wildman–Crippen LogP) is 3.39. The summed E-state index contributed by atoms with van der Waals surface area (Å²) in [6, 6.07) is 8.52. The molecule has 0 radical (unpaired) electrons. The van der Waals surface area contributed by atoms with Crippen molar-refractivity contribution in [1.29, 1.82) is 0 Å². The highest BCUT2D eigenvalue weighted by atomic mass is 35.5. The fraction of sp³-hybridized carbons (Fsp3) is 0.0833. The molecule has 82 valence electrons. The van der Waals surface area contributed by atoms with Gasteiger partial charge in [-0.3, -0.25) is 0 Å². The van der Waals surface area contributed by atoms with Crippen LogP contribution < -0.4 is 0 Å². The summed E-state index contributed by atoms with van der Waals surface area (Å²) in [6.45, 7) is 0. The summed E-state index contributed by atoms with van der Waals surface area (Å²) in [5, 5.41) is 0.456. The molecule has 4 heteroatoms. The van der Waals surface area contributed by atoms with Crippen LogP contribution in [0.3, 0.4) is 0 Å². The van der Waals surface area contributed by atoms with Crippen molar-refractivity contribution in [3.63, 3.8) is 0 Å². The Kier molecular flexibility index (Phi) is 2.97. The highest BCUT2D eigenvalue weighted by Gasteiger charge is 2.11. The largest absolute Gasteiger partial charge is 0.465 e. The number of methoxy groups -OCH3 is 1. The number of rotatable bonds is 2. The predicted molar refractivity (Wildman–Crippen MR) is 60.5 cm³/mol. The van der Waals surface area contributed by atoms with Crippen molar-refractivity contribution in [3.8, 4) is 11.3 Å².